The van der Waals surface area contributed by atoms with Crippen LogP contribution in [0.15, 0.2) is 21.9 Å². The van der Waals surface area contributed by atoms with Gasteiger partial charge in [0.05, 0.1) is 25.6 Å². The first-order chi connectivity index (χ1) is 9.60. The number of hydrogen-bond donors (Lipinski definition) is 0. The molecule has 0 atom stereocenters. The molecule has 0 saturated carbocycles. The van der Waals surface area contributed by atoms with E-state index in [-0.39, 0.29) is 5.56 Å². The molecule has 0 saturated heterocycles. The summed E-state index contributed by atoms with van der Waals surface area (Å²) in [5, 5.41) is 12.5. The minimum absolute atomic E-state index is 0.192. The summed E-state index contributed by atoms with van der Waals surface area (Å²) in [5.41, 5.74) is 1.42. The lowest BCUT2D eigenvalue weighted by atomic mass is 10.4. The Balaban J connectivity index is 2.04. The van der Waals surface area contributed by atoms with E-state index in [0.717, 1.165) is 0 Å². The molecule has 8 nitrogen and oxygen atoms in total. The fraction of sp³-hybridized carbons (Fsp3) is 0.364. The van der Waals surface area contributed by atoms with Crippen molar-refractivity contribution in [1.82, 2.24) is 34.3 Å². The largest absolute Gasteiger partial charge is 0.291 e. The Hall–Kier alpha value is -2.03. The van der Waals surface area contributed by atoms with Crippen molar-refractivity contribution in [3.05, 3.63) is 33.2 Å². The number of hydrogen-bond acceptors (Lipinski definition) is 5. The molecule has 3 aromatic heterocycles. The van der Waals surface area contributed by atoms with Crippen LogP contribution in [0.25, 0.3) is 11.0 Å². The van der Waals surface area contributed by atoms with Gasteiger partial charge in [0.25, 0.3) is 5.56 Å². The summed E-state index contributed by atoms with van der Waals surface area (Å²) in [4.78, 5) is 18.2. The van der Waals surface area contributed by atoms with Crippen LogP contribution in [0, 0.1) is 0 Å². The molecule has 3 heterocycles. The quantitative estimate of drug-likeness (QED) is 0.697. The zero-order chi connectivity index (χ0) is 14.3. The summed E-state index contributed by atoms with van der Waals surface area (Å²) in [6.45, 7) is 2.98. The van der Waals surface area contributed by atoms with E-state index in [2.05, 4.69) is 36.2 Å². The summed E-state index contributed by atoms with van der Waals surface area (Å²) in [5.74, 6) is 0. The molecule has 104 valence electrons. The molecule has 0 aliphatic heterocycles. The van der Waals surface area contributed by atoms with Gasteiger partial charge in [0.2, 0.25) is 0 Å². The van der Waals surface area contributed by atoms with Gasteiger partial charge < -0.3 is 0 Å². The van der Waals surface area contributed by atoms with E-state index < -0.39 is 0 Å². The van der Waals surface area contributed by atoms with Gasteiger partial charge in [-0.15, -0.1) is 0 Å². The van der Waals surface area contributed by atoms with Crippen molar-refractivity contribution in [1.29, 1.82) is 0 Å². The summed E-state index contributed by atoms with van der Waals surface area (Å²) in [6, 6.07) is 0. The molecule has 0 aromatic carbocycles. The second kappa shape index (κ2) is 4.82. The number of halogens is 1. The number of fused-ring (bicyclic) bond motifs is 1. The van der Waals surface area contributed by atoms with E-state index in [0.29, 0.717) is 34.4 Å². The van der Waals surface area contributed by atoms with Crippen molar-refractivity contribution in [2.75, 3.05) is 0 Å². The lowest BCUT2D eigenvalue weighted by Gasteiger charge is -2.01. The Morgan fingerprint density at radius 2 is 2.10 bits per heavy atom. The van der Waals surface area contributed by atoms with Crippen molar-refractivity contribution in [2.45, 2.75) is 20.0 Å². The lowest BCUT2D eigenvalue weighted by molar-refractivity contribution is 0.559. The van der Waals surface area contributed by atoms with E-state index in [1.54, 1.807) is 22.7 Å². The molecule has 20 heavy (non-hydrogen) atoms. The van der Waals surface area contributed by atoms with Crippen molar-refractivity contribution in [3.63, 3.8) is 0 Å². The van der Waals surface area contributed by atoms with Crippen LogP contribution in [0.4, 0.5) is 0 Å². The highest BCUT2D eigenvalue weighted by Gasteiger charge is 2.13. The zero-order valence-corrected chi connectivity index (χ0v) is 12.6. The molecule has 0 unspecified atom stereocenters. The smallest absolute Gasteiger partial charge is 0.282 e. The van der Waals surface area contributed by atoms with Gasteiger partial charge in [-0.1, -0.05) is 0 Å². The Bertz CT molecular complexity index is 831. The average Bonchev–Trinajstić information content (AvgIpc) is 3.00. The van der Waals surface area contributed by atoms with Crippen LogP contribution in [0.5, 0.6) is 0 Å². The maximum absolute atomic E-state index is 12.3. The Kier molecular flexibility index (Phi) is 3.13. The van der Waals surface area contributed by atoms with Crippen molar-refractivity contribution >= 4 is 27.0 Å². The second-order valence-corrected chi connectivity index (χ2v) is 5.06. The molecule has 0 radical (unpaired) electrons. The lowest BCUT2D eigenvalue weighted by Crippen LogP contribution is -2.21. The van der Waals surface area contributed by atoms with E-state index in [1.165, 1.54) is 10.9 Å². The first-order valence-corrected chi connectivity index (χ1v) is 6.86. The highest BCUT2D eigenvalue weighted by molar-refractivity contribution is 9.10. The summed E-state index contributed by atoms with van der Waals surface area (Å²) >= 11 is 3.35. The summed E-state index contributed by atoms with van der Waals surface area (Å²) < 4.78 is 3.75. The second-order valence-electron chi connectivity index (χ2n) is 4.31. The average molecular weight is 338 g/mol. The van der Waals surface area contributed by atoms with Gasteiger partial charge in [0.1, 0.15) is 15.8 Å². The van der Waals surface area contributed by atoms with Gasteiger partial charge in [-0.2, -0.15) is 20.1 Å². The maximum Gasteiger partial charge on any atom is 0.282 e. The highest BCUT2D eigenvalue weighted by Crippen LogP contribution is 2.17. The van der Waals surface area contributed by atoms with E-state index >= 15 is 0 Å². The predicted molar refractivity (Wildman–Crippen MR) is 75.3 cm³/mol. The molecule has 0 N–H and O–H groups in total. The van der Waals surface area contributed by atoms with Crippen LogP contribution in [-0.4, -0.2) is 34.3 Å². The number of aromatic nitrogens is 7. The molecule has 9 heteroatoms. The van der Waals surface area contributed by atoms with Gasteiger partial charge >= 0.3 is 0 Å². The van der Waals surface area contributed by atoms with Gasteiger partial charge in [0, 0.05) is 7.05 Å². The van der Waals surface area contributed by atoms with Gasteiger partial charge in [-0.25, -0.2) is 4.98 Å². The van der Waals surface area contributed by atoms with Crippen LogP contribution in [0.1, 0.15) is 12.6 Å². The Labute approximate surface area is 122 Å². The SMILES string of the molecule is CCn1ncc(Cn2cnc3c(Br)n(C)nc3c2=O)n1. The maximum atomic E-state index is 12.3. The normalized spacial score (nSPS) is 11.3. The third kappa shape index (κ3) is 2.03. The van der Waals surface area contributed by atoms with E-state index in [9.17, 15) is 4.79 Å². The van der Waals surface area contributed by atoms with Gasteiger partial charge in [-0.05, 0) is 22.9 Å². The molecular formula is C11H12BrN7O. The number of rotatable bonds is 3. The van der Waals surface area contributed by atoms with Gasteiger partial charge in [0.15, 0.2) is 5.52 Å². The van der Waals surface area contributed by atoms with Crippen molar-refractivity contribution in [3.8, 4) is 0 Å². The standard InChI is InChI=1S/C11H12BrN7O/c1-3-19-14-4-7(15-19)5-18-6-13-8-9(11(18)20)16-17(2)10(8)12/h4,6H,3,5H2,1-2H3. The molecular weight excluding hydrogens is 326 g/mol. The predicted octanol–water partition coefficient (Wildman–Crippen LogP) is 0.552. The molecule has 0 amide bonds. The first-order valence-electron chi connectivity index (χ1n) is 6.06. The van der Waals surface area contributed by atoms with Crippen LogP contribution in [0.3, 0.4) is 0 Å². The van der Waals surface area contributed by atoms with Crippen LogP contribution >= 0.6 is 15.9 Å². The minimum Gasteiger partial charge on any atom is -0.291 e. The molecule has 0 aliphatic carbocycles. The number of aryl methyl sites for hydroxylation is 2. The molecule has 3 rings (SSSR count). The van der Waals surface area contributed by atoms with Crippen LogP contribution in [-0.2, 0) is 20.1 Å². The van der Waals surface area contributed by atoms with E-state index in [4.69, 9.17) is 0 Å². The Morgan fingerprint density at radius 3 is 2.80 bits per heavy atom. The first kappa shape index (κ1) is 13.0. The van der Waals surface area contributed by atoms with E-state index in [1.807, 2.05) is 6.92 Å². The molecule has 0 spiro atoms. The zero-order valence-electron chi connectivity index (χ0n) is 11.0. The van der Waals surface area contributed by atoms with Crippen molar-refractivity contribution in [2.24, 2.45) is 7.05 Å². The minimum atomic E-state index is -0.192. The monoisotopic (exact) mass is 337 g/mol. The molecule has 0 fully saturated rings. The highest BCUT2D eigenvalue weighted by atomic mass is 79.9. The fourth-order valence-electron chi connectivity index (χ4n) is 1.91. The van der Waals surface area contributed by atoms with Gasteiger partial charge in [-0.3, -0.25) is 14.0 Å². The van der Waals surface area contributed by atoms with Crippen LogP contribution in [0.2, 0.25) is 0 Å². The fourth-order valence-corrected chi connectivity index (χ4v) is 2.28. The third-order valence-corrected chi connectivity index (χ3v) is 3.83. The topological polar surface area (TPSA) is 83.4 Å². The summed E-state index contributed by atoms with van der Waals surface area (Å²) in [6.07, 6.45) is 3.15. The van der Waals surface area contributed by atoms with Crippen molar-refractivity contribution < 1.29 is 0 Å². The summed E-state index contributed by atoms with van der Waals surface area (Å²) in [7, 11) is 1.75. The van der Waals surface area contributed by atoms with Crippen LogP contribution < -0.4 is 5.56 Å². The molecule has 0 aliphatic rings. The third-order valence-electron chi connectivity index (χ3n) is 2.94. The number of nitrogens with zero attached hydrogens (tertiary/aromatic N) is 7. The molecule has 0 bridgehead atoms. The Morgan fingerprint density at radius 1 is 1.30 bits per heavy atom. The molecule has 3 aromatic rings.